The number of halogens is 1. The Kier molecular flexibility index (Phi) is 2.59. The summed E-state index contributed by atoms with van der Waals surface area (Å²) in [5.74, 6) is -0.185. The first-order valence-corrected chi connectivity index (χ1v) is 5.91. The van der Waals surface area contributed by atoms with Crippen LogP contribution in [0.3, 0.4) is 0 Å². The summed E-state index contributed by atoms with van der Waals surface area (Å²) in [5, 5.41) is 5.60. The van der Waals surface area contributed by atoms with E-state index in [0.717, 1.165) is 16.6 Å². The van der Waals surface area contributed by atoms with Crippen LogP contribution in [0.1, 0.15) is 11.3 Å². The normalized spacial score (nSPS) is 11.0. The number of rotatable bonds is 2. The van der Waals surface area contributed by atoms with Gasteiger partial charge in [-0.3, -0.25) is 4.68 Å². The lowest BCUT2D eigenvalue weighted by atomic mass is 10.2. The van der Waals surface area contributed by atoms with E-state index in [-0.39, 0.29) is 5.82 Å². The van der Waals surface area contributed by atoms with Crippen LogP contribution in [0.25, 0.3) is 10.9 Å². The predicted molar refractivity (Wildman–Crippen MR) is 70.0 cm³/mol. The summed E-state index contributed by atoms with van der Waals surface area (Å²) in [7, 11) is 0. The second kappa shape index (κ2) is 4.26. The summed E-state index contributed by atoms with van der Waals surface area (Å²) >= 11 is 0. The molecule has 90 valence electrons. The average molecular weight is 240 g/mol. The third-order valence-electron chi connectivity index (χ3n) is 3.12. The van der Waals surface area contributed by atoms with Crippen LogP contribution in [-0.4, -0.2) is 9.78 Å². The molecule has 0 bridgehead atoms. The number of hydrogen-bond donors (Lipinski definition) is 0. The third kappa shape index (κ3) is 1.78. The zero-order valence-corrected chi connectivity index (χ0v) is 10.1. The van der Waals surface area contributed by atoms with E-state index < -0.39 is 0 Å². The van der Waals surface area contributed by atoms with Crippen molar-refractivity contribution in [3.05, 3.63) is 65.6 Å². The molecule has 3 rings (SSSR count). The molecule has 0 saturated heterocycles. The molecule has 0 spiro atoms. The molecule has 0 unspecified atom stereocenters. The molecule has 0 fully saturated rings. The molecule has 0 radical (unpaired) electrons. The first-order valence-electron chi connectivity index (χ1n) is 5.91. The van der Waals surface area contributed by atoms with Crippen LogP contribution >= 0.6 is 0 Å². The highest BCUT2D eigenvalue weighted by Gasteiger charge is 2.08. The topological polar surface area (TPSA) is 17.8 Å². The largest absolute Gasteiger partial charge is 0.260 e. The van der Waals surface area contributed by atoms with Gasteiger partial charge in [0.2, 0.25) is 0 Å². The molecule has 3 aromatic rings. The highest BCUT2D eigenvalue weighted by Crippen LogP contribution is 2.19. The van der Waals surface area contributed by atoms with Crippen LogP contribution in [0.2, 0.25) is 0 Å². The summed E-state index contributed by atoms with van der Waals surface area (Å²) in [4.78, 5) is 0. The Morgan fingerprint density at radius 3 is 2.61 bits per heavy atom. The van der Waals surface area contributed by atoms with Crippen molar-refractivity contribution >= 4 is 10.9 Å². The molecule has 18 heavy (non-hydrogen) atoms. The van der Waals surface area contributed by atoms with Crippen molar-refractivity contribution in [1.29, 1.82) is 0 Å². The summed E-state index contributed by atoms with van der Waals surface area (Å²) in [6, 6.07) is 14.8. The maximum atomic E-state index is 13.6. The zero-order chi connectivity index (χ0) is 12.5. The van der Waals surface area contributed by atoms with Gasteiger partial charge in [-0.1, -0.05) is 36.4 Å². The Hall–Kier alpha value is -2.16. The summed E-state index contributed by atoms with van der Waals surface area (Å²) < 4.78 is 15.5. The van der Waals surface area contributed by atoms with Gasteiger partial charge >= 0.3 is 0 Å². The number of aryl methyl sites for hydroxylation is 1. The second-order valence-electron chi connectivity index (χ2n) is 4.35. The molecule has 0 N–H and O–H groups in total. The Balaban J connectivity index is 2.08. The fourth-order valence-electron chi connectivity index (χ4n) is 2.20. The lowest BCUT2D eigenvalue weighted by molar-refractivity contribution is 0.589. The van der Waals surface area contributed by atoms with Gasteiger partial charge in [0.15, 0.2) is 0 Å². The van der Waals surface area contributed by atoms with Crippen molar-refractivity contribution in [2.45, 2.75) is 13.5 Å². The summed E-state index contributed by atoms with van der Waals surface area (Å²) in [6.07, 6.45) is 0. The molecule has 2 nitrogen and oxygen atoms in total. The molecule has 0 amide bonds. The third-order valence-corrected chi connectivity index (χ3v) is 3.12. The Labute approximate surface area is 105 Å². The maximum Gasteiger partial charge on any atom is 0.128 e. The molecular formula is C15H13FN2. The van der Waals surface area contributed by atoms with Crippen LogP contribution in [0.5, 0.6) is 0 Å². The van der Waals surface area contributed by atoms with Crippen LogP contribution < -0.4 is 0 Å². The molecule has 2 aromatic carbocycles. The lowest BCUT2D eigenvalue weighted by Gasteiger charge is -2.04. The van der Waals surface area contributed by atoms with E-state index in [0.29, 0.717) is 12.1 Å². The maximum absolute atomic E-state index is 13.6. The van der Waals surface area contributed by atoms with Crippen LogP contribution in [-0.2, 0) is 6.54 Å². The standard InChI is InChI=1S/C15H13FN2/c1-11-13-7-3-5-9-15(13)18(17-11)10-12-6-2-4-8-14(12)16/h2-9H,10H2,1H3. The minimum atomic E-state index is -0.185. The monoisotopic (exact) mass is 240 g/mol. The average Bonchev–Trinajstić information content (AvgIpc) is 2.70. The number of fused-ring (bicyclic) bond motifs is 1. The van der Waals surface area contributed by atoms with E-state index in [1.54, 1.807) is 12.1 Å². The number of benzene rings is 2. The van der Waals surface area contributed by atoms with Gasteiger partial charge in [-0.15, -0.1) is 0 Å². The minimum Gasteiger partial charge on any atom is -0.260 e. The fraction of sp³-hybridized carbons (Fsp3) is 0.133. The molecule has 1 heterocycles. The number of para-hydroxylation sites is 1. The first-order chi connectivity index (χ1) is 8.75. The van der Waals surface area contributed by atoms with E-state index in [2.05, 4.69) is 5.10 Å². The summed E-state index contributed by atoms with van der Waals surface area (Å²) in [5.41, 5.74) is 2.67. The van der Waals surface area contributed by atoms with Gasteiger partial charge < -0.3 is 0 Å². The predicted octanol–water partition coefficient (Wildman–Crippen LogP) is 3.53. The lowest BCUT2D eigenvalue weighted by Crippen LogP contribution is -2.03. The van der Waals surface area contributed by atoms with Crippen molar-refractivity contribution in [2.24, 2.45) is 0 Å². The van der Waals surface area contributed by atoms with Crippen molar-refractivity contribution < 1.29 is 4.39 Å². The molecule has 0 saturated carbocycles. The van der Waals surface area contributed by atoms with Gasteiger partial charge in [-0.05, 0) is 19.1 Å². The first kappa shape index (κ1) is 11.0. The van der Waals surface area contributed by atoms with Crippen LogP contribution in [0.4, 0.5) is 4.39 Å². The van der Waals surface area contributed by atoms with Gasteiger partial charge in [0.1, 0.15) is 5.82 Å². The molecule has 0 aliphatic rings. The van der Waals surface area contributed by atoms with E-state index in [9.17, 15) is 4.39 Å². The second-order valence-corrected chi connectivity index (χ2v) is 4.35. The SMILES string of the molecule is Cc1nn(Cc2ccccc2F)c2ccccc12. The highest BCUT2D eigenvalue weighted by atomic mass is 19.1. The molecule has 1 aromatic heterocycles. The van der Waals surface area contributed by atoms with Gasteiger partial charge in [0.25, 0.3) is 0 Å². The fourth-order valence-corrected chi connectivity index (χ4v) is 2.20. The Bertz CT molecular complexity index is 701. The Morgan fingerprint density at radius 2 is 1.78 bits per heavy atom. The Morgan fingerprint density at radius 1 is 1.06 bits per heavy atom. The van der Waals surface area contributed by atoms with Gasteiger partial charge in [0.05, 0.1) is 17.8 Å². The van der Waals surface area contributed by atoms with E-state index in [1.165, 1.54) is 6.07 Å². The highest BCUT2D eigenvalue weighted by molar-refractivity contribution is 5.81. The van der Waals surface area contributed by atoms with E-state index in [4.69, 9.17) is 0 Å². The zero-order valence-electron chi connectivity index (χ0n) is 10.1. The summed E-state index contributed by atoms with van der Waals surface area (Å²) in [6.45, 7) is 2.43. The minimum absolute atomic E-state index is 0.185. The van der Waals surface area contributed by atoms with Crippen molar-refractivity contribution in [2.75, 3.05) is 0 Å². The number of aromatic nitrogens is 2. The van der Waals surface area contributed by atoms with Crippen molar-refractivity contribution in [1.82, 2.24) is 9.78 Å². The molecule has 3 heteroatoms. The van der Waals surface area contributed by atoms with Crippen molar-refractivity contribution in [3.63, 3.8) is 0 Å². The smallest absolute Gasteiger partial charge is 0.128 e. The van der Waals surface area contributed by atoms with E-state index in [1.807, 2.05) is 41.9 Å². The van der Waals surface area contributed by atoms with Gasteiger partial charge in [-0.25, -0.2) is 4.39 Å². The molecular weight excluding hydrogens is 227 g/mol. The molecule has 0 aliphatic heterocycles. The van der Waals surface area contributed by atoms with Crippen LogP contribution in [0, 0.1) is 12.7 Å². The van der Waals surface area contributed by atoms with Crippen molar-refractivity contribution in [3.8, 4) is 0 Å². The van der Waals surface area contributed by atoms with Crippen LogP contribution in [0.15, 0.2) is 48.5 Å². The molecule has 0 atom stereocenters. The molecule has 0 aliphatic carbocycles. The quantitative estimate of drug-likeness (QED) is 0.670. The number of hydrogen-bond acceptors (Lipinski definition) is 1. The number of nitrogens with zero attached hydrogens (tertiary/aromatic N) is 2. The van der Waals surface area contributed by atoms with Gasteiger partial charge in [0, 0.05) is 10.9 Å². The van der Waals surface area contributed by atoms with Gasteiger partial charge in [-0.2, -0.15) is 5.10 Å². The van der Waals surface area contributed by atoms with E-state index >= 15 is 0 Å².